The number of quaternary nitrogens is 1. The first kappa shape index (κ1) is 21.0. The third-order valence-corrected chi connectivity index (χ3v) is 6.89. The highest BCUT2D eigenvalue weighted by Crippen LogP contribution is 2.34. The van der Waals surface area contributed by atoms with Crippen molar-refractivity contribution in [1.82, 2.24) is 14.7 Å². The fraction of sp³-hybridized carbons (Fsp3) is 0.478. The van der Waals surface area contributed by atoms with Crippen molar-refractivity contribution in [2.75, 3.05) is 19.6 Å². The molecule has 168 valence electrons. The van der Waals surface area contributed by atoms with Crippen molar-refractivity contribution in [3.8, 4) is 0 Å². The number of fused-ring (bicyclic) bond motifs is 2. The Bertz CT molecular complexity index is 1260. The van der Waals surface area contributed by atoms with Gasteiger partial charge in [-0.1, -0.05) is 5.16 Å². The molecule has 3 aromatic rings. The van der Waals surface area contributed by atoms with E-state index in [1.807, 2.05) is 0 Å². The predicted octanol–water partition coefficient (Wildman–Crippen LogP) is 3.24. The van der Waals surface area contributed by atoms with Crippen LogP contribution < -0.4 is 5.56 Å². The van der Waals surface area contributed by atoms with Gasteiger partial charge in [0.2, 0.25) is 0 Å². The van der Waals surface area contributed by atoms with Gasteiger partial charge in [-0.2, -0.15) is 0 Å². The van der Waals surface area contributed by atoms with Crippen LogP contribution in [-0.4, -0.2) is 44.8 Å². The molecule has 0 bridgehead atoms. The number of aromatic nitrogens is 3. The van der Waals surface area contributed by atoms with Crippen LogP contribution in [0.1, 0.15) is 59.2 Å². The summed E-state index contributed by atoms with van der Waals surface area (Å²) >= 11 is 0. The highest BCUT2D eigenvalue weighted by molar-refractivity contribution is 5.93. The minimum Gasteiger partial charge on any atom is -0.633 e. The zero-order chi connectivity index (χ0) is 22.5. The minimum atomic E-state index is -0.375. The zero-order valence-corrected chi connectivity index (χ0v) is 18.0. The molecular formula is C23H25FN4O4. The SMILES string of the molecule is Cc1nc2n(c(=O)c1CC[N+]1([O-])CCC(c3noc4cc(F)ccc34)CC1)CCCC2=O. The largest absolute Gasteiger partial charge is 0.633 e. The second kappa shape index (κ2) is 7.90. The summed E-state index contributed by atoms with van der Waals surface area (Å²) in [6.07, 6.45) is 2.70. The number of Topliss-reactive ketones (excluding diaryl/α,β-unsaturated/α-hetero) is 1. The first-order valence-corrected chi connectivity index (χ1v) is 11.1. The van der Waals surface area contributed by atoms with Gasteiger partial charge in [0.1, 0.15) is 5.82 Å². The van der Waals surface area contributed by atoms with Crippen LogP contribution in [0.25, 0.3) is 11.0 Å². The van der Waals surface area contributed by atoms with E-state index >= 15 is 0 Å². The topological polar surface area (TPSA) is 101 Å². The molecule has 0 unspecified atom stereocenters. The molecule has 4 heterocycles. The maximum Gasteiger partial charge on any atom is 0.257 e. The van der Waals surface area contributed by atoms with Crippen LogP contribution in [0.5, 0.6) is 0 Å². The molecule has 2 aliphatic rings. The zero-order valence-electron chi connectivity index (χ0n) is 18.0. The molecule has 32 heavy (non-hydrogen) atoms. The fourth-order valence-corrected chi connectivity index (χ4v) is 4.99. The molecule has 2 aliphatic heterocycles. The molecule has 2 aromatic heterocycles. The van der Waals surface area contributed by atoms with Crippen LogP contribution >= 0.6 is 0 Å². The number of aryl methyl sites for hydroxylation is 1. The number of hydroxylamine groups is 3. The maximum atomic E-state index is 13.4. The summed E-state index contributed by atoms with van der Waals surface area (Å²) in [5.41, 5.74) is 2.08. The lowest BCUT2D eigenvalue weighted by atomic mass is 9.91. The quantitative estimate of drug-likeness (QED) is 0.456. The Kier molecular flexibility index (Phi) is 5.17. The van der Waals surface area contributed by atoms with Crippen LogP contribution in [0.4, 0.5) is 4.39 Å². The number of benzene rings is 1. The molecule has 5 rings (SSSR count). The lowest BCUT2D eigenvalue weighted by Crippen LogP contribution is -2.49. The van der Waals surface area contributed by atoms with Gasteiger partial charge >= 0.3 is 0 Å². The van der Waals surface area contributed by atoms with Crippen molar-refractivity contribution in [1.29, 1.82) is 0 Å². The van der Waals surface area contributed by atoms with Crippen molar-refractivity contribution < 1.29 is 18.4 Å². The summed E-state index contributed by atoms with van der Waals surface area (Å²) in [7, 11) is 0. The normalized spacial score (nSPS) is 23.5. The molecule has 8 nitrogen and oxygen atoms in total. The van der Waals surface area contributed by atoms with E-state index in [0.29, 0.717) is 75.1 Å². The molecule has 0 amide bonds. The lowest BCUT2D eigenvalue weighted by molar-refractivity contribution is -0.885. The number of nitrogens with zero attached hydrogens (tertiary/aromatic N) is 4. The predicted molar refractivity (Wildman–Crippen MR) is 115 cm³/mol. The molecule has 1 fully saturated rings. The second-order valence-electron chi connectivity index (χ2n) is 8.94. The first-order chi connectivity index (χ1) is 15.3. The number of halogens is 1. The third-order valence-electron chi connectivity index (χ3n) is 6.89. The van der Waals surface area contributed by atoms with Crippen LogP contribution in [0, 0.1) is 17.9 Å². The van der Waals surface area contributed by atoms with Gasteiger partial charge in [-0.05, 0) is 25.5 Å². The van der Waals surface area contributed by atoms with E-state index in [1.54, 1.807) is 13.0 Å². The van der Waals surface area contributed by atoms with Gasteiger partial charge in [0.25, 0.3) is 5.56 Å². The van der Waals surface area contributed by atoms with Crippen LogP contribution in [0.2, 0.25) is 0 Å². The molecule has 0 N–H and O–H groups in total. The Morgan fingerprint density at radius 2 is 2.06 bits per heavy atom. The number of hydrogen-bond acceptors (Lipinski definition) is 6. The molecule has 0 aliphatic carbocycles. The van der Waals surface area contributed by atoms with Gasteiger partial charge in [0.15, 0.2) is 17.2 Å². The molecule has 0 radical (unpaired) electrons. The second-order valence-corrected chi connectivity index (χ2v) is 8.94. The highest BCUT2D eigenvalue weighted by atomic mass is 19.1. The van der Waals surface area contributed by atoms with Crippen molar-refractivity contribution in [3.05, 3.63) is 62.4 Å². The Labute approximate surface area is 183 Å². The van der Waals surface area contributed by atoms with Crippen molar-refractivity contribution in [3.63, 3.8) is 0 Å². The Balaban J connectivity index is 1.29. The summed E-state index contributed by atoms with van der Waals surface area (Å²) in [5.74, 6) is -0.133. The third kappa shape index (κ3) is 3.65. The van der Waals surface area contributed by atoms with Gasteiger partial charge in [0, 0.05) is 60.9 Å². The summed E-state index contributed by atoms with van der Waals surface area (Å²) in [5, 5.41) is 18.3. The lowest BCUT2D eigenvalue weighted by Gasteiger charge is -2.47. The van der Waals surface area contributed by atoms with E-state index in [4.69, 9.17) is 4.52 Å². The van der Waals surface area contributed by atoms with E-state index in [1.165, 1.54) is 16.7 Å². The molecule has 9 heteroatoms. The fourth-order valence-electron chi connectivity index (χ4n) is 4.99. The number of piperidine rings is 1. The minimum absolute atomic E-state index is 0.0886. The van der Waals surface area contributed by atoms with E-state index in [2.05, 4.69) is 10.1 Å². The van der Waals surface area contributed by atoms with Crippen molar-refractivity contribution in [2.24, 2.45) is 0 Å². The van der Waals surface area contributed by atoms with Gasteiger partial charge in [-0.3, -0.25) is 14.2 Å². The Hall–Kier alpha value is -2.91. The Morgan fingerprint density at radius 3 is 2.84 bits per heavy atom. The smallest absolute Gasteiger partial charge is 0.257 e. The number of carbonyl (C=O) groups is 1. The molecule has 0 saturated carbocycles. The van der Waals surface area contributed by atoms with E-state index < -0.39 is 0 Å². The van der Waals surface area contributed by atoms with E-state index in [-0.39, 0.29) is 33.5 Å². The number of hydrogen-bond donors (Lipinski definition) is 0. The van der Waals surface area contributed by atoms with E-state index in [0.717, 1.165) is 11.1 Å². The molecule has 1 aromatic carbocycles. The molecule has 0 atom stereocenters. The van der Waals surface area contributed by atoms with Crippen LogP contribution in [-0.2, 0) is 13.0 Å². The monoisotopic (exact) mass is 440 g/mol. The van der Waals surface area contributed by atoms with Crippen molar-refractivity contribution in [2.45, 2.75) is 51.5 Å². The van der Waals surface area contributed by atoms with Gasteiger partial charge in [-0.15, -0.1) is 0 Å². The first-order valence-electron chi connectivity index (χ1n) is 11.1. The highest BCUT2D eigenvalue weighted by Gasteiger charge is 2.31. The molecule has 0 spiro atoms. The Morgan fingerprint density at radius 1 is 1.28 bits per heavy atom. The average molecular weight is 440 g/mol. The average Bonchev–Trinajstić information content (AvgIpc) is 3.18. The number of carbonyl (C=O) groups excluding carboxylic acids is 1. The van der Waals surface area contributed by atoms with E-state index in [9.17, 15) is 19.2 Å². The number of rotatable bonds is 4. The van der Waals surface area contributed by atoms with Gasteiger partial charge in [-0.25, -0.2) is 9.37 Å². The van der Waals surface area contributed by atoms with Crippen LogP contribution in [0.15, 0.2) is 27.5 Å². The number of likely N-dealkylation sites (tertiary alicyclic amines) is 1. The van der Waals surface area contributed by atoms with Crippen molar-refractivity contribution >= 4 is 16.8 Å². The molecular weight excluding hydrogens is 415 g/mol. The summed E-state index contributed by atoms with van der Waals surface area (Å²) in [6, 6.07) is 4.39. The summed E-state index contributed by atoms with van der Waals surface area (Å²) in [4.78, 5) is 29.4. The summed E-state index contributed by atoms with van der Waals surface area (Å²) in [6.45, 7) is 3.35. The van der Waals surface area contributed by atoms with Crippen LogP contribution in [0.3, 0.4) is 0 Å². The standard InChI is InChI=1S/C23H25FN4O4/c1-14-17(23(30)27-9-2-3-19(29)22(27)25-14)8-12-28(31)10-6-15(7-11-28)21-18-5-4-16(24)13-20(18)32-26-21/h4-5,13,15H,2-3,6-12H2,1H3. The van der Waals surface area contributed by atoms with Gasteiger partial charge in [0.05, 0.1) is 25.3 Å². The maximum absolute atomic E-state index is 13.4. The summed E-state index contributed by atoms with van der Waals surface area (Å²) < 4.78 is 19.8. The van der Waals surface area contributed by atoms with Gasteiger partial charge < -0.3 is 14.4 Å². The molecule has 1 saturated heterocycles. The number of ketones is 1.